The van der Waals surface area contributed by atoms with E-state index >= 15 is 0 Å². The molecule has 3 heterocycles. The molecule has 0 aliphatic rings. The van der Waals surface area contributed by atoms with Gasteiger partial charge in [0.15, 0.2) is 0 Å². The zero-order valence-electron chi connectivity index (χ0n) is 6.77. The highest BCUT2D eigenvalue weighted by molar-refractivity contribution is 7.71. The Balaban J connectivity index is 2.84. The Morgan fingerprint density at radius 3 is 3.29 bits per heavy atom. The Morgan fingerprint density at radius 1 is 1.57 bits per heavy atom. The molecule has 0 radical (unpaired) electrons. The lowest BCUT2D eigenvalue weighted by atomic mass is 10.5. The van der Waals surface area contributed by atoms with Crippen molar-refractivity contribution in [1.82, 2.24) is 19.6 Å². The molecule has 2 N–H and O–H groups in total. The molecule has 3 rings (SSSR count). The number of nitrogens with zero attached hydrogens (tertiary/aromatic N) is 2. The van der Waals surface area contributed by atoms with Crippen LogP contribution >= 0.6 is 23.6 Å². The summed E-state index contributed by atoms with van der Waals surface area (Å²) in [6, 6.07) is 1.85. The Morgan fingerprint density at radius 2 is 2.43 bits per heavy atom. The third kappa shape index (κ3) is 0.851. The first-order valence-corrected chi connectivity index (χ1v) is 5.13. The standard InChI is InChI=1S/C7H4N4OS2/c12-5-4-3(1-2-14-4)11-6(8-5)9-10-7(11)13/h1-2H,(H,10,13)(H,8,9,12). The number of hydrogen-bond donors (Lipinski definition) is 2. The maximum Gasteiger partial charge on any atom is 0.270 e. The van der Waals surface area contributed by atoms with Gasteiger partial charge >= 0.3 is 0 Å². The summed E-state index contributed by atoms with van der Waals surface area (Å²) in [6.45, 7) is 0. The lowest BCUT2D eigenvalue weighted by Crippen LogP contribution is -2.07. The summed E-state index contributed by atoms with van der Waals surface area (Å²) >= 11 is 6.44. The molecule has 0 fully saturated rings. The summed E-state index contributed by atoms with van der Waals surface area (Å²) < 4.78 is 2.86. The van der Waals surface area contributed by atoms with Gasteiger partial charge in [-0.1, -0.05) is 0 Å². The van der Waals surface area contributed by atoms with E-state index in [-0.39, 0.29) is 5.56 Å². The van der Waals surface area contributed by atoms with E-state index in [2.05, 4.69) is 15.2 Å². The predicted octanol–water partition coefficient (Wildman–Crippen LogP) is 1.29. The van der Waals surface area contributed by atoms with Gasteiger partial charge in [-0.3, -0.25) is 14.2 Å². The average molecular weight is 224 g/mol. The van der Waals surface area contributed by atoms with Crippen LogP contribution in [0, 0.1) is 4.77 Å². The first-order valence-electron chi connectivity index (χ1n) is 3.84. The van der Waals surface area contributed by atoms with E-state index in [1.54, 1.807) is 4.40 Å². The van der Waals surface area contributed by atoms with E-state index in [9.17, 15) is 4.79 Å². The molecule has 0 saturated heterocycles. The van der Waals surface area contributed by atoms with Gasteiger partial charge in [0.25, 0.3) is 5.56 Å². The normalized spacial score (nSPS) is 11.4. The number of H-pyrrole nitrogens is 2. The van der Waals surface area contributed by atoms with Crippen LogP contribution in [0.5, 0.6) is 0 Å². The van der Waals surface area contributed by atoms with E-state index < -0.39 is 0 Å². The molecular formula is C7H4N4OS2. The minimum atomic E-state index is -0.128. The molecule has 0 amide bonds. The van der Waals surface area contributed by atoms with Gasteiger partial charge in [-0.25, -0.2) is 5.10 Å². The van der Waals surface area contributed by atoms with E-state index in [4.69, 9.17) is 12.2 Å². The van der Waals surface area contributed by atoms with Crippen molar-refractivity contribution in [2.24, 2.45) is 0 Å². The lowest BCUT2D eigenvalue weighted by Gasteiger charge is -1.93. The van der Waals surface area contributed by atoms with Gasteiger partial charge in [0.05, 0.1) is 5.52 Å². The van der Waals surface area contributed by atoms with E-state index in [1.807, 2.05) is 11.4 Å². The van der Waals surface area contributed by atoms with Crippen LogP contribution in [-0.4, -0.2) is 19.6 Å². The van der Waals surface area contributed by atoms with Crippen molar-refractivity contribution in [3.05, 3.63) is 26.6 Å². The molecule has 7 heteroatoms. The molecule has 3 aromatic heterocycles. The van der Waals surface area contributed by atoms with Crippen molar-refractivity contribution in [3.8, 4) is 0 Å². The molecule has 3 aromatic rings. The fourth-order valence-corrected chi connectivity index (χ4v) is 2.41. The monoisotopic (exact) mass is 224 g/mol. The van der Waals surface area contributed by atoms with Crippen LogP contribution in [0.2, 0.25) is 0 Å². The zero-order chi connectivity index (χ0) is 9.71. The van der Waals surface area contributed by atoms with Gasteiger partial charge in [-0.05, 0) is 23.7 Å². The molecule has 0 saturated carbocycles. The van der Waals surface area contributed by atoms with Crippen molar-refractivity contribution in [3.63, 3.8) is 0 Å². The van der Waals surface area contributed by atoms with E-state index in [1.165, 1.54) is 11.3 Å². The molecule has 0 aromatic carbocycles. The van der Waals surface area contributed by atoms with Crippen LogP contribution < -0.4 is 5.56 Å². The van der Waals surface area contributed by atoms with Crippen molar-refractivity contribution in [1.29, 1.82) is 0 Å². The summed E-state index contributed by atoms with van der Waals surface area (Å²) in [4.78, 5) is 14.2. The van der Waals surface area contributed by atoms with E-state index in [0.29, 0.717) is 15.2 Å². The summed E-state index contributed by atoms with van der Waals surface area (Å²) in [5.41, 5.74) is 0.670. The first-order chi connectivity index (χ1) is 6.77. The highest BCUT2D eigenvalue weighted by atomic mass is 32.1. The summed E-state index contributed by atoms with van der Waals surface area (Å²) in [5.74, 6) is 0.450. The number of hydrogen-bond acceptors (Lipinski definition) is 4. The Hall–Kier alpha value is -1.47. The highest BCUT2D eigenvalue weighted by Gasteiger charge is 2.07. The van der Waals surface area contributed by atoms with Gasteiger partial charge < -0.3 is 0 Å². The molecular weight excluding hydrogens is 220 g/mol. The molecule has 0 atom stereocenters. The average Bonchev–Trinajstić information content (AvgIpc) is 2.72. The SMILES string of the molecule is O=c1[nH]c2n[nH]c(=S)n2c2ccsc12. The van der Waals surface area contributed by atoms with Gasteiger partial charge in [-0.15, -0.1) is 16.4 Å². The quantitative estimate of drug-likeness (QED) is 0.565. The van der Waals surface area contributed by atoms with Crippen LogP contribution in [0.1, 0.15) is 0 Å². The Bertz CT molecular complexity index is 731. The summed E-state index contributed by atoms with van der Waals surface area (Å²) in [5, 5.41) is 8.39. The second-order valence-electron chi connectivity index (χ2n) is 2.78. The van der Waals surface area contributed by atoms with Crippen LogP contribution in [0.4, 0.5) is 0 Å². The molecule has 0 aliphatic carbocycles. The third-order valence-electron chi connectivity index (χ3n) is 1.99. The van der Waals surface area contributed by atoms with E-state index in [0.717, 1.165) is 5.52 Å². The number of nitrogens with one attached hydrogen (secondary N) is 2. The molecule has 0 aliphatic heterocycles. The molecule has 0 spiro atoms. The fourth-order valence-electron chi connectivity index (χ4n) is 1.41. The van der Waals surface area contributed by atoms with Crippen molar-refractivity contribution >= 4 is 39.5 Å². The number of aromatic nitrogens is 4. The Kier molecular flexibility index (Phi) is 1.42. The summed E-state index contributed by atoms with van der Waals surface area (Å²) in [6.07, 6.45) is 0. The minimum absolute atomic E-state index is 0.128. The second-order valence-corrected chi connectivity index (χ2v) is 4.08. The topological polar surface area (TPSA) is 66.0 Å². The fraction of sp³-hybridized carbons (Fsp3) is 0. The van der Waals surface area contributed by atoms with Crippen LogP contribution in [-0.2, 0) is 0 Å². The number of rotatable bonds is 0. The number of aromatic amines is 2. The Labute approximate surface area is 86.0 Å². The molecule has 0 bridgehead atoms. The van der Waals surface area contributed by atoms with Crippen molar-refractivity contribution in [2.45, 2.75) is 0 Å². The first kappa shape index (κ1) is 7.89. The molecule has 70 valence electrons. The smallest absolute Gasteiger partial charge is 0.270 e. The lowest BCUT2D eigenvalue weighted by molar-refractivity contribution is 1.08. The van der Waals surface area contributed by atoms with Crippen molar-refractivity contribution < 1.29 is 0 Å². The molecule has 14 heavy (non-hydrogen) atoms. The number of fused-ring (bicyclic) bond motifs is 3. The molecule has 0 unspecified atom stereocenters. The summed E-state index contributed by atoms with van der Waals surface area (Å²) in [7, 11) is 0. The number of thiophene rings is 1. The third-order valence-corrected chi connectivity index (χ3v) is 3.17. The van der Waals surface area contributed by atoms with Gasteiger partial charge in [0.2, 0.25) is 10.5 Å². The van der Waals surface area contributed by atoms with Gasteiger partial charge in [0, 0.05) is 0 Å². The maximum atomic E-state index is 11.5. The van der Waals surface area contributed by atoms with Gasteiger partial charge in [0.1, 0.15) is 4.70 Å². The largest absolute Gasteiger partial charge is 0.289 e. The second kappa shape index (κ2) is 2.52. The van der Waals surface area contributed by atoms with Crippen LogP contribution in [0.25, 0.3) is 16.0 Å². The van der Waals surface area contributed by atoms with Crippen molar-refractivity contribution in [2.75, 3.05) is 0 Å². The predicted molar refractivity (Wildman–Crippen MR) is 56.4 cm³/mol. The highest BCUT2D eigenvalue weighted by Crippen LogP contribution is 2.16. The maximum absolute atomic E-state index is 11.5. The molecule has 5 nitrogen and oxygen atoms in total. The van der Waals surface area contributed by atoms with Crippen LogP contribution in [0.3, 0.4) is 0 Å². The minimum Gasteiger partial charge on any atom is -0.289 e. The van der Waals surface area contributed by atoms with Crippen LogP contribution in [0.15, 0.2) is 16.2 Å². The van der Waals surface area contributed by atoms with Gasteiger partial charge in [-0.2, -0.15) is 0 Å². The zero-order valence-corrected chi connectivity index (χ0v) is 8.41.